The first kappa shape index (κ1) is 23.7. The normalized spacial score (nSPS) is 14.9. The molecule has 0 aliphatic carbocycles. The third-order valence-electron chi connectivity index (χ3n) is 6.21. The molecule has 1 fully saturated rings. The number of carbonyl (C=O) groups is 1. The fourth-order valence-corrected chi connectivity index (χ4v) is 6.77. The van der Waals surface area contributed by atoms with E-state index in [2.05, 4.69) is 30.9 Å². The van der Waals surface area contributed by atoms with Crippen LogP contribution in [0.2, 0.25) is 0 Å². The SMILES string of the molecule is CCN(CC)S(=O)(=O)c1ccc(C(=O)N2CCN(c3nc4c(C)ccc(C)c4s3)CC2)cc1. The lowest BCUT2D eigenvalue weighted by molar-refractivity contribution is 0.0746. The van der Waals surface area contributed by atoms with E-state index in [4.69, 9.17) is 4.98 Å². The molecule has 2 heterocycles. The van der Waals surface area contributed by atoms with Gasteiger partial charge in [-0.05, 0) is 49.2 Å². The largest absolute Gasteiger partial charge is 0.345 e. The Kier molecular flexibility index (Phi) is 6.74. The number of amides is 1. The van der Waals surface area contributed by atoms with Crippen LogP contribution in [-0.4, -0.2) is 67.8 Å². The molecule has 0 saturated carbocycles. The highest BCUT2D eigenvalue weighted by atomic mass is 32.2. The quantitative estimate of drug-likeness (QED) is 0.528. The van der Waals surface area contributed by atoms with Gasteiger partial charge in [-0.1, -0.05) is 37.3 Å². The number of aryl methyl sites for hydroxylation is 2. The molecule has 4 rings (SSSR count). The van der Waals surface area contributed by atoms with Crippen LogP contribution in [0.3, 0.4) is 0 Å². The average molecular weight is 487 g/mol. The maximum atomic E-state index is 13.0. The van der Waals surface area contributed by atoms with Crippen molar-refractivity contribution in [2.75, 3.05) is 44.2 Å². The van der Waals surface area contributed by atoms with Crippen LogP contribution in [0.5, 0.6) is 0 Å². The van der Waals surface area contributed by atoms with E-state index in [0.717, 1.165) is 23.7 Å². The predicted octanol–water partition coefficient (Wildman–Crippen LogP) is 3.91. The minimum Gasteiger partial charge on any atom is -0.345 e. The van der Waals surface area contributed by atoms with Gasteiger partial charge in [0.25, 0.3) is 5.91 Å². The summed E-state index contributed by atoms with van der Waals surface area (Å²) in [6.07, 6.45) is 0. The Morgan fingerprint density at radius 2 is 1.58 bits per heavy atom. The Morgan fingerprint density at radius 1 is 0.970 bits per heavy atom. The number of benzene rings is 2. The smallest absolute Gasteiger partial charge is 0.253 e. The Balaban J connectivity index is 1.43. The van der Waals surface area contributed by atoms with Crippen LogP contribution in [0.25, 0.3) is 10.2 Å². The van der Waals surface area contributed by atoms with E-state index in [1.165, 1.54) is 32.3 Å². The van der Waals surface area contributed by atoms with E-state index >= 15 is 0 Å². The number of fused-ring (bicyclic) bond motifs is 1. The molecule has 1 aliphatic heterocycles. The van der Waals surface area contributed by atoms with Crippen LogP contribution < -0.4 is 4.90 Å². The molecule has 0 radical (unpaired) electrons. The fraction of sp³-hybridized carbons (Fsp3) is 0.417. The summed E-state index contributed by atoms with van der Waals surface area (Å²) in [6, 6.07) is 10.5. The Bertz CT molecular complexity index is 1220. The van der Waals surface area contributed by atoms with Gasteiger partial charge in [-0.15, -0.1) is 0 Å². The van der Waals surface area contributed by atoms with Gasteiger partial charge < -0.3 is 9.80 Å². The molecule has 0 spiro atoms. The van der Waals surface area contributed by atoms with Gasteiger partial charge in [-0.2, -0.15) is 4.31 Å². The number of anilines is 1. The summed E-state index contributed by atoms with van der Waals surface area (Å²) in [7, 11) is -3.53. The van der Waals surface area contributed by atoms with E-state index in [0.29, 0.717) is 31.7 Å². The summed E-state index contributed by atoms with van der Waals surface area (Å²) in [5, 5.41) is 1.00. The van der Waals surface area contributed by atoms with Crippen molar-refractivity contribution in [1.82, 2.24) is 14.2 Å². The molecule has 0 bridgehead atoms. The second-order valence-electron chi connectivity index (χ2n) is 8.27. The molecule has 2 aromatic carbocycles. The van der Waals surface area contributed by atoms with E-state index in [9.17, 15) is 13.2 Å². The monoisotopic (exact) mass is 486 g/mol. The van der Waals surface area contributed by atoms with Crippen molar-refractivity contribution in [2.45, 2.75) is 32.6 Å². The Labute approximate surface area is 199 Å². The van der Waals surface area contributed by atoms with Gasteiger partial charge in [-0.25, -0.2) is 13.4 Å². The molecule has 33 heavy (non-hydrogen) atoms. The summed E-state index contributed by atoms with van der Waals surface area (Å²) in [4.78, 5) is 22.2. The summed E-state index contributed by atoms with van der Waals surface area (Å²) < 4.78 is 28.0. The van der Waals surface area contributed by atoms with Crippen molar-refractivity contribution in [3.63, 3.8) is 0 Å². The number of aromatic nitrogens is 1. The van der Waals surface area contributed by atoms with Crippen LogP contribution in [0.15, 0.2) is 41.3 Å². The molecule has 0 atom stereocenters. The van der Waals surface area contributed by atoms with Crippen molar-refractivity contribution >= 4 is 42.6 Å². The Hall–Kier alpha value is -2.49. The molecular formula is C24H30N4O3S2. The second kappa shape index (κ2) is 9.40. The van der Waals surface area contributed by atoms with Crippen molar-refractivity contribution < 1.29 is 13.2 Å². The molecule has 1 amide bonds. The second-order valence-corrected chi connectivity index (χ2v) is 11.2. The lowest BCUT2D eigenvalue weighted by Crippen LogP contribution is -2.48. The molecule has 1 aromatic heterocycles. The highest BCUT2D eigenvalue weighted by Gasteiger charge is 2.26. The summed E-state index contributed by atoms with van der Waals surface area (Å²) in [6.45, 7) is 11.3. The van der Waals surface area contributed by atoms with Gasteiger partial charge in [0.15, 0.2) is 5.13 Å². The highest BCUT2D eigenvalue weighted by Crippen LogP contribution is 2.33. The third kappa shape index (κ3) is 4.49. The van der Waals surface area contributed by atoms with E-state index in [-0.39, 0.29) is 10.8 Å². The topological polar surface area (TPSA) is 73.8 Å². The molecule has 7 nitrogen and oxygen atoms in total. The number of thiazole rings is 1. The summed E-state index contributed by atoms with van der Waals surface area (Å²) >= 11 is 1.71. The standard InChI is InChI=1S/C24H30N4O3S2/c1-5-28(6-2)33(30,31)20-11-9-19(10-12-20)23(29)26-13-15-27(16-14-26)24-25-21-17(3)7-8-18(4)22(21)32-24/h7-12H,5-6,13-16H2,1-4H3. The van der Waals surface area contributed by atoms with Gasteiger partial charge in [0, 0.05) is 44.8 Å². The molecule has 9 heteroatoms. The highest BCUT2D eigenvalue weighted by molar-refractivity contribution is 7.89. The fourth-order valence-electron chi connectivity index (χ4n) is 4.15. The van der Waals surface area contributed by atoms with Crippen molar-refractivity contribution in [3.8, 4) is 0 Å². The van der Waals surface area contributed by atoms with Gasteiger partial charge in [-0.3, -0.25) is 4.79 Å². The molecule has 0 N–H and O–H groups in total. The number of rotatable bonds is 6. The number of sulfonamides is 1. The molecule has 3 aromatic rings. The molecular weight excluding hydrogens is 456 g/mol. The molecule has 1 saturated heterocycles. The van der Waals surface area contributed by atoms with Crippen molar-refractivity contribution in [1.29, 1.82) is 0 Å². The van der Waals surface area contributed by atoms with Gasteiger partial charge >= 0.3 is 0 Å². The zero-order valence-electron chi connectivity index (χ0n) is 19.5. The van der Waals surface area contributed by atoms with Gasteiger partial charge in [0.05, 0.1) is 15.1 Å². The van der Waals surface area contributed by atoms with Crippen LogP contribution in [-0.2, 0) is 10.0 Å². The molecule has 1 aliphatic rings. The zero-order chi connectivity index (χ0) is 23.8. The predicted molar refractivity (Wildman–Crippen MR) is 134 cm³/mol. The molecule has 0 unspecified atom stereocenters. The third-order valence-corrected chi connectivity index (χ3v) is 9.53. The van der Waals surface area contributed by atoms with E-state index in [1.807, 2.05) is 18.7 Å². The number of nitrogens with zero attached hydrogens (tertiary/aromatic N) is 4. The lowest BCUT2D eigenvalue weighted by atomic mass is 10.1. The van der Waals surface area contributed by atoms with Gasteiger partial charge in [0.1, 0.15) is 0 Å². The van der Waals surface area contributed by atoms with Crippen molar-refractivity contribution in [2.24, 2.45) is 0 Å². The number of hydrogen-bond donors (Lipinski definition) is 0. The number of piperazine rings is 1. The first-order valence-electron chi connectivity index (χ1n) is 11.3. The van der Waals surface area contributed by atoms with Crippen LogP contribution in [0.1, 0.15) is 35.3 Å². The minimum atomic E-state index is -3.53. The van der Waals surface area contributed by atoms with Crippen molar-refractivity contribution in [3.05, 3.63) is 53.1 Å². The lowest BCUT2D eigenvalue weighted by Gasteiger charge is -2.34. The van der Waals surface area contributed by atoms with Crippen LogP contribution >= 0.6 is 11.3 Å². The first-order valence-corrected chi connectivity index (χ1v) is 13.5. The van der Waals surface area contributed by atoms with Gasteiger partial charge in [0.2, 0.25) is 10.0 Å². The number of hydrogen-bond acceptors (Lipinski definition) is 6. The summed E-state index contributed by atoms with van der Waals surface area (Å²) in [5.41, 5.74) is 3.99. The first-order chi connectivity index (χ1) is 15.8. The molecule has 176 valence electrons. The van der Waals surface area contributed by atoms with Crippen LogP contribution in [0.4, 0.5) is 5.13 Å². The number of carbonyl (C=O) groups excluding carboxylic acids is 1. The summed E-state index contributed by atoms with van der Waals surface area (Å²) in [5.74, 6) is -0.0718. The van der Waals surface area contributed by atoms with E-state index < -0.39 is 10.0 Å². The minimum absolute atomic E-state index is 0.0718. The van der Waals surface area contributed by atoms with Crippen LogP contribution in [0, 0.1) is 13.8 Å². The van der Waals surface area contributed by atoms with E-state index in [1.54, 1.807) is 23.5 Å². The zero-order valence-corrected chi connectivity index (χ0v) is 21.2. The maximum Gasteiger partial charge on any atom is 0.253 e. The average Bonchev–Trinajstić information content (AvgIpc) is 3.29. The maximum absolute atomic E-state index is 13.0. The Morgan fingerprint density at radius 3 is 2.15 bits per heavy atom.